The monoisotopic (exact) mass is 271 g/mol. The van der Waals surface area contributed by atoms with E-state index in [1.54, 1.807) is 30.5 Å². The molecule has 0 radical (unpaired) electrons. The van der Waals surface area contributed by atoms with E-state index in [0.29, 0.717) is 0 Å². The molecule has 96 valence electrons. The maximum atomic E-state index is 9.46. The number of aliphatic imine (C=N–C) groups is 1. The van der Waals surface area contributed by atoms with E-state index in [1.165, 1.54) is 11.1 Å². The highest BCUT2D eigenvalue weighted by Crippen LogP contribution is 2.19. The molecule has 0 heterocycles. The van der Waals surface area contributed by atoms with E-state index in [2.05, 4.69) is 4.99 Å². The molecule has 0 aliphatic rings. The molecule has 0 spiro atoms. The summed E-state index contributed by atoms with van der Waals surface area (Å²) >= 11 is 5.59. The topological polar surface area (TPSA) is 32.6 Å². The molecule has 0 saturated heterocycles. The minimum Gasteiger partial charge on any atom is -0.508 e. The average Bonchev–Trinajstić information content (AvgIpc) is 2.40. The van der Waals surface area contributed by atoms with E-state index in [9.17, 15) is 5.11 Å². The van der Waals surface area contributed by atoms with E-state index < -0.39 is 0 Å². The predicted octanol–water partition coefficient (Wildman–Crippen LogP) is 4.66. The second-order valence-corrected chi connectivity index (χ2v) is 4.45. The number of nitrogens with zero attached hydrogens (tertiary/aromatic N) is 1. The zero-order valence-corrected chi connectivity index (χ0v) is 11.3. The zero-order chi connectivity index (χ0) is 13.7. The summed E-state index contributed by atoms with van der Waals surface area (Å²) in [7, 11) is 0. The van der Waals surface area contributed by atoms with Gasteiger partial charge < -0.3 is 5.11 Å². The molecule has 1 N–H and O–H groups in total. The lowest BCUT2D eigenvalue weighted by molar-refractivity contribution is 0.475. The molecule has 0 fully saturated rings. The van der Waals surface area contributed by atoms with Gasteiger partial charge in [-0.3, -0.25) is 4.99 Å². The summed E-state index contributed by atoms with van der Waals surface area (Å²) in [4.78, 5) is 4.41. The number of hydrogen-bond acceptors (Lipinski definition) is 2. The molecule has 3 heteroatoms. The summed E-state index contributed by atoms with van der Waals surface area (Å²) in [5, 5.41) is 9.46. The van der Waals surface area contributed by atoms with Crippen molar-refractivity contribution in [2.24, 2.45) is 4.99 Å². The Labute approximate surface area is 117 Å². The van der Waals surface area contributed by atoms with Crippen molar-refractivity contribution in [3.8, 4) is 5.75 Å². The Balaban J connectivity index is 2.30. The summed E-state index contributed by atoms with van der Waals surface area (Å²) in [5.41, 5.74) is 5.23. The van der Waals surface area contributed by atoms with Gasteiger partial charge in [0.25, 0.3) is 0 Å². The van der Waals surface area contributed by atoms with Gasteiger partial charge in [-0.25, -0.2) is 0 Å². The van der Waals surface area contributed by atoms with Crippen molar-refractivity contribution in [2.75, 3.05) is 0 Å². The fourth-order valence-electron chi connectivity index (χ4n) is 1.67. The van der Waals surface area contributed by atoms with Crippen molar-refractivity contribution in [3.05, 3.63) is 64.7 Å². The fraction of sp³-hybridized carbons (Fsp3) is 0.0625. The number of aromatic hydroxyl groups is 1. The number of halogens is 1. The first-order chi connectivity index (χ1) is 9.19. The van der Waals surface area contributed by atoms with E-state index in [1.807, 2.05) is 31.2 Å². The van der Waals surface area contributed by atoms with Gasteiger partial charge in [-0.05, 0) is 48.9 Å². The van der Waals surface area contributed by atoms with Gasteiger partial charge in [-0.1, -0.05) is 29.3 Å². The van der Waals surface area contributed by atoms with Gasteiger partial charge in [-0.2, -0.15) is 0 Å². The summed E-state index contributed by atoms with van der Waals surface area (Å²) in [5.74, 6) is 0.206. The van der Waals surface area contributed by atoms with E-state index in [-0.39, 0.29) is 5.75 Å². The van der Waals surface area contributed by atoms with Gasteiger partial charge in [0.2, 0.25) is 0 Å². The largest absolute Gasteiger partial charge is 0.508 e. The van der Waals surface area contributed by atoms with Crippen molar-refractivity contribution in [1.29, 1.82) is 0 Å². The lowest BCUT2D eigenvalue weighted by Crippen LogP contribution is -1.86. The molecule has 0 bridgehead atoms. The highest BCUT2D eigenvalue weighted by molar-refractivity contribution is 6.27. The smallest absolute Gasteiger partial charge is 0.116 e. The summed E-state index contributed by atoms with van der Waals surface area (Å²) in [6.45, 7) is 2.04. The number of rotatable bonds is 3. The Hall–Kier alpha value is -2.06. The molecule has 0 aromatic heterocycles. The molecule has 0 aliphatic heterocycles. The number of phenols is 1. The molecule has 2 rings (SSSR count). The lowest BCUT2D eigenvalue weighted by Gasteiger charge is -2.01. The minimum absolute atomic E-state index is 0.206. The first-order valence-corrected chi connectivity index (χ1v) is 6.33. The first kappa shape index (κ1) is 13.4. The van der Waals surface area contributed by atoms with Crippen molar-refractivity contribution in [2.45, 2.75) is 6.92 Å². The highest BCUT2D eigenvalue weighted by Gasteiger charge is 1.98. The lowest BCUT2D eigenvalue weighted by atomic mass is 10.1. The van der Waals surface area contributed by atoms with Crippen LogP contribution in [-0.2, 0) is 0 Å². The molecule has 0 amide bonds. The van der Waals surface area contributed by atoms with Crippen LogP contribution in [0.2, 0.25) is 0 Å². The van der Waals surface area contributed by atoms with Crippen LogP contribution in [-0.4, -0.2) is 11.3 Å². The van der Waals surface area contributed by atoms with E-state index >= 15 is 0 Å². The molecule has 2 nitrogen and oxygen atoms in total. The molecule has 0 aliphatic carbocycles. The van der Waals surface area contributed by atoms with Crippen molar-refractivity contribution >= 4 is 29.6 Å². The Morgan fingerprint density at radius 3 is 2.47 bits per heavy atom. The quantitative estimate of drug-likeness (QED) is 0.809. The highest BCUT2D eigenvalue weighted by atomic mass is 35.5. The van der Waals surface area contributed by atoms with Gasteiger partial charge in [0.05, 0.1) is 5.69 Å². The summed E-state index contributed by atoms with van der Waals surface area (Å²) < 4.78 is 0. The van der Waals surface area contributed by atoms with Crippen LogP contribution in [0.1, 0.15) is 16.7 Å². The van der Waals surface area contributed by atoms with Crippen molar-refractivity contribution in [3.63, 3.8) is 0 Å². The first-order valence-electron chi connectivity index (χ1n) is 5.89. The molecule has 0 saturated carbocycles. The number of hydrogen-bond donors (Lipinski definition) is 1. The van der Waals surface area contributed by atoms with Gasteiger partial charge in [-0.15, -0.1) is 0 Å². The van der Waals surface area contributed by atoms with Crippen LogP contribution in [0.15, 0.2) is 53.0 Å². The van der Waals surface area contributed by atoms with Gasteiger partial charge in [0, 0.05) is 17.3 Å². The third-order valence-corrected chi connectivity index (χ3v) is 2.83. The molecule has 0 atom stereocenters. The number of benzene rings is 2. The van der Waals surface area contributed by atoms with Crippen molar-refractivity contribution in [1.82, 2.24) is 0 Å². The third kappa shape index (κ3) is 3.70. The second-order valence-electron chi connectivity index (χ2n) is 4.20. The van der Waals surface area contributed by atoms with Gasteiger partial charge in [0.15, 0.2) is 0 Å². The number of aryl methyl sites for hydroxylation is 1. The van der Waals surface area contributed by atoms with Crippen LogP contribution in [0.5, 0.6) is 5.75 Å². The predicted molar refractivity (Wildman–Crippen MR) is 81.4 cm³/mol. The van der Waals surface area contributed by atoms with Crippen LogP contribution < -0.4 is 0 Å². The maximum absolute atomic E-state index is 9.46. The number of phenolic OH excluding ortho intramolecular Hbond substituents is 1. The second kappa shape index (κ2) is 6.21. The standard InChI is InChI=1S/C16H14ClNO/c1-12-2-5-15(6-3-12)18-11-14-4-7-16(19)10-13(14)8-9-17/h2-11,19H,1H3/b9-8-,18-11+. The zero-order valence-electron chi connectivity index (χ0n) is 10.5. The fourth-order valence-corrected chi connectivity index (χ4v) is 1.80. The van der Waals surface area contributed by atoms with E-state index in [4.69, 9.17) is 11.6 Å². The summed E-state index contributed by atoms with van der Waals surface area (Å²) in [6, 6.07) is 13.0. The van der Waals surface area contributed by atoms with E-state index in [0.717, 1.165) is 16.8 Å². The molecule has 2 aromatic rings. The Bertz CT molecular complexity index is 615. The van der Waals surface area contributed by atoms with Gasteiger partial charge in [0.1, 0.15) is 5.75 Å². The van der Waals surface area contributed by atoms with Gasteiger partial charge >= 0.3 is 0 Å². The van der Waals surface area contributed by atoms with Crippen LogP contribution >= 0.6 is 11.6 Å². The normalized spacial score (nSPS) is 11.5. The SMILES string of the molecule is Cc1ccc(/N=C/c2ccc(O)cc2/C=C\Cl)cc1. The Morgan fingerprint density at radius 2 is 1.79 bits per heavy atom. The molecule has 19 heavy (non-hydrogen) atoms. The summed E-state index contributed by atoms with van der Waals surface area (Å²) in [6.07, 6.45) is 3.48. The maximum Gasteiger partial charge on any atom is 0.116 e. The molecular formula is C16H14ClNO. The van der Waals surface area contributed by atoms with Crippen LogP contribution in [0, 0.1) is 6.92 Å². The van der Waals surface area contributed by atoms with Crippen LogP contribution in [0.25, 0.3) is 6.08 Å². The Morgan fingerprint density at radius 1 is 1.05 bits per heavy atom. The molecule has 2 aromatic carbocycles. The van der Waals surface area contributed by atoms with Crippen LogP contribution in [0.3, 0.4) is 0 Å². The molecule has 0 unspecified atom stereocenters. The minimum atomic E-state index is 0.206. The van der Waals surface area contributed by atoms with Crippen LogP contribution in [0.4, 0.5) is 5.69 Å². The third-order valence-electron chi connectivity index (χ3n) is 2.70. The Kier molecular flexibility index (Phi) is 4.37. The molecular weight excluding hydrogens is 258 g/mol. The average molecular weight is 272 g/mol. The van der Waals surface area contributed by atoms with Crippen molar-refractivity contribution < 1.29 is 5.11 Å².